The van der Waals surface area contributed by atoms with E-state index in [2.05, 4.69) is 24.5 Å². The monoisotopic (exact) mass is 623 g/mol. The molecule has 2 aromatic rings. The van der Waals surface area contributed by atoms with Crippen LogP contribution in [0.2, 0.25) is 0 Å². The van der Waals surface area contributed by atoms with Crippen molar-refractivity contribution in [1.82, 2.24) is 15.5 Å². The van der Waals surface area contributed by atoms with Crippen molar-refractivity contribution in [2.24, 2.45) is 5.92 Å². The Hall–Kier alpha value is -3.88. The summed E-state index contributed by atoms with van der Waals surface area (Å²) in [5.41, 5.74) is 2.63. The van der Waals surface area contributed by atoms with Crippen LogP contribution in [0.4, 0.5) is 4.79 Å². The molecule has 45 heavy (non-hydrogen) atoms. The number of benzene rings is 2. The topological polar surface area (TPSA) is 114 Å². The summed E-state index contributed by atoms with van der Waals surface area (Å²) in [5, 5.41) is 5.70. The van der Waals surface area contributed by atoms with Gasteiger partial charge in [0.25, 0.3) is 0 Å². The standard InChI is InChI=1S/C36H53N3O6/c1-10-44-31(40)18-19-37-33(41)32(29-21-25(4)20-26(5)22-29)39(27(6)17-16-24(2)3)34(42)30(23-28-14-12-11-13-15-28)38-35(43)45-36(7,8)9/h11-15,20-22,24,27,30,32H,10,16-19,23H2,1-9H3,(H,37,41)(H,38,43). The summed E-state index contributed by atoms with van der Waals surface area (Å²) >= 11 is 0. The van der Waals surface area contributed by atoms with Crippen molar-refractivity contribution in [2.75, 3.05) is 13.2 Å². The van der Waals surface area contributed by atoms with Crippen molar-refractivity contribution >= 4 is 23.9 Å². The normalized spacial score (nSPS) is 13.4. The van der Waals surface area contributed by atoms with E-state index in [1.165, 1.54) is 0 Å². The molecule has 0 aliphatic carbocycles. The summed E-state index contributed by atoms with van der Waals surface area (Å²) in [4.78, 5) is 55.6. The molecule has 0 bridgehead atoms. The van der Waals surface area contributed by atoms with Crippen molar-refractivity contribution < 1.29 is 28.7 Å². The van der Waals surface area contributed by atoms with E-state index in [-0.39, 0.29) is 32.0 Å². The number of aryl methyl sites for hydroxylation is 2. The van der Waals surface area contributed by atoms with Gasteiger partial charge in [-0.05, 0) is 78.4 Å². The van der Waals surface area contributed by atoms with Crippen molar-refractivity contribution in [3.8, 4) is 0 Å². The molecule has 3 atom stereocenters. The maximum atomic E-state index is 14.8. The van der Waals surface area contributed by atoms with Crippen LogP contribution < -0.4 is 10.6 Å². The molecule has 0 aromatic heterocycles. The molecule has 0 aliphatic heterocycles. The average molecular weight is 624 g/mol. The van der Waals surface area contributed by atoms with E-state index < -0.39 is 41.6 Å². The lowest BCUT2D eigenvalue weighted by atomic mass is 9.94. The number of alkyl carbamates (subject to hydrolysis) is 1. The second kappa shape index (κ2) is 17.6. The average Bonchev–Trinajstić information content (AvgIpc) is 2.93. The van der Waals surface area contributed by atoms with Gasteiger partial charge in [-0.15, -0.1) is 0 Å². The summed E-state index contributed by atoms with van der Waals surface area (Å²) < 4.78 is 10.6. The summed E-state index contributed by atoms with van der Waals surface area (Å²) in [6.07, 6.45) is 0.972. The van der Waals surface area contributed by atoms with Gasteiger partial charge in [0.2, 0.25) is 11.8 Å². The van der Waals surface area contributed by atoms with Crippen LogP contribution in [0, 0.1) is 19.8 Å². The first-order valence-electron chi connectivity index (χ1n) is 16.0. The van der Waals surface area contributed by atoms with Crippen LogP contribution >= 0.6 is 0 Å². The predicted molar refractivity (Wildman–Crippen MR) is 177 cm³/mol. The Morgan fingerprint density at radius 3 is 2.09 bits per heavy atom. The lowest BCUT2D eigenvalue weighted by Gasteiger charge is -2.39. The SMILES string of the molecule is CCOC(=O)CCNC(=O)C(c1cc(C)cc(C)c1)N(C(=O)C(Cc1ccccc1)NC(=O)OC(C)(C)C)C(C)CCC(C)C. The highest BCUT2D eigenvalue weighted by Crippen LogP contribution is 2.29. The van der Waals surface area contributed by atoms with Crippen molar-refractivity contribution in [3.63, 3.8) is 0 Å². The Kier molecular flexibility index (Phi) is 14.6. The van der Waals surface area contributed by atoms with Crippen molar-refractivity contribution in [3.05, 3.63) is 70.8 Å². The lowest BCUT2D eigenvalue weighted by Crippen LogP contribution is -2.56. The van der Waals surface area contributed by atoms with Gasteiger partial charge in [0.15, 0.2) is 0 Å². The summed E-state index contributed by atoms with van der Waals surface area (Å²) in [6.45, 7) is 17.4. The maximum absolute atomic E-state index is 14.8. The third-order valence-corrected chi connectivity index (χ3v) is 7.18. The zero-order chi connectivity index (χ0) is 33.7. The molecule has 2 N–H and O–H groups in total. The van der Waals surface area contributed by atoms with Gasteiger partial charge >= 0.3 is 12.1 Å². The minimum Gasteiger partial charge on any atom is -0.466 e. The fraction of sp³-hybridized carbons (Fsp3) is 0.556. The van der Waals surface area contributed by atoms with E-state index in [1.54, 1.807) is 32.6 Å². The van der Waals surface area contributed by atoms with Crippen LogP contribution in [-0.4, -0.2) is 59.6 Å². The Morgan fingerprint density at radius 1 is 0.911 bits per heavy atom. The third kappa shape index (κ3) is 12.9. The number of carbonyl (C=O) groups excluding carboxylic acids is 4. The second-order valence-electron chi connectivity index (χ2n) is 13.1. The molecular formula is C36H53N3O6. The molecule has 2 aromatic carbocycles. The van der Waals surface area contributed by atoms with Gasteiger partial charge < -0.3 is 25.0 Å². The Bertz CT molecular complexity index is 1250. The van der Waals surface area contributed by atoms with Gasteiger partial charge in [-0.3, -0.25) is 14.4 Å². The van der Waals surface area contributed by atoms with Gasteiger partial charge in [0, 0.05) is 19.0 Å². The fourth-order valence-corrected chi connectivity index (χ4v) is 5.22. The number of esters is 1. The molecule has 2 rings (SSSR count). The number of hydrogen-bond donors (Lipinski definition) is 2. The van der Waals surface area contributed by atoms with Crippen LogP contribution in [0.1, 0.15) is 96.0 Å². The minimum atomic E-state index is -1.01. The Labute approximate surface area is 269 Å². The van der Waals surface area contributed by atoms with Crippen molar-refractivity contribution in [1.29, 1.82) is 0 Å². The Balaban J connectivity index is 2.64. The zero-order valence-corrected chi connectivity index (χ0v) is 28.6. The zero-order valence-electron chi connectivity index (χ0n) is 28.6. The number of nitrogens with one attached hydrogen (secondary N) is 2. The molecule has 0 saturated heterocycles. The predicted octanol–water partition coefficient (Wildman–Crippen LogP) is 6.20. The van der Waals surface area contributed by atoms with E-state index >= 15 is 0 Å². The van der Waals surface area contributed by atoms with Crippen LogP contribution in [0.15, 0.2) is 48.5 Å². The van der Waals surface area contributed by atoms with Crippen LogP contribution in [-0.2, 0) is 30.3 Å². The number of nitrogens with zero attached hydrogens (tertiary/aromatic N) is 1. The fourth-order valence-electron chi connectivity index (χ4n) is 5.22. The lowest BCUT2D eigenvalue weighted by molar-refractivity contribution is -0.146. The maximum Gasteiger partial charge on any atom is 0.408 e. The largest absolute Gasteiger partial charge is 0.466 e. The number of carbonyl (C=O) groups is 4. The van der Waals surface area contributed by atoms with Gasteiger partial charge in [-0.1, -0.05) is 73.5 Å². The quantitative estimate of drug-likeness (QED) is 0.228. The third-order valence-electron chi connectivity index (χ3n) is 7.18. The minimum absolute atomic E-state index is 0.00677. The molecule has 0 fully saturated rings. The van der Waals surface area contributed by atoms with Crippen LogP contribution in [0.25, 0.3) is 0 Å². The molecule has 248 valence electrons. The molecule has 0 aliphatic rings. The highest BCUT2D eigenvalue weighted by atomic mass is 16.6. The highest BCUT2D eigenvalue weighted by Gasteiger charge is 2.39. The van der Waals surface area contributed by atoms with Crippen LogP contribution in [0.3, 0.4) is 0 Å². The highest BCUT2D eigenvalue weighted by molar-refractivity contribution is 5.92. The first-order valence-corrected chi connectivity index (χ1v) is 16.0. The molecule has 9 nitrogen and oxygen atoms in total. The molecule has 3 amide bonds. The number of rotatable bonds is 15. The van der Waals surface area contributed by atoms with E-state index in [0.29, 0.717) is 17.9 Å². The molecule has 0 saturated carbocycles. The number of hydrogen-bond acceptors (Lipinski definition) is 6. The van der Waals surface area contributed by atoms with Gasteiger partial charge in [0.1, 0.15) is 17.7 Å². The summed E-state index contributed by atoms with van der Waals surface area (Å²) in [7, 11) is 0. The molecule has 3 unspecified atom stereocenters. The molecule has 0 spiro atoms. The van der Waals surface area contributed by atoms with Gasteiger partial charge in [-0.25, -0.2) is 4.79 Å². The van der Waals surface area contributed by atoms with Crippen molar-refractivity contribution in [2.45, 2.75) is 112 Å². The summed E-state index contributed by atoms with van der Waals surface area (Å²) in [5.74, 6) is -0.846. The molecular weight excluding hydrogens is 570 g/mol. The first kappa shape index (κ1) is 37.3. The first-order chi connectivity index (χ1) is 21.1. The Morgan fingerprint density at radius 2 is 1.53 bits per heavy atom. The van der Waals surface area contributed by atoms with Gasteiger partial charge in [-0.2, -0.15) is 0 Å². The molecule has 0 radical (unpaired) electrons. The van der Waals surface area contributed by atoms with E-state index in [1.807, 2.05) is 69.3 Å². The smallest absolute Gasteiger partial charge is 0.408 e. The summed E-state index contributed by atoms with van der Waals surface area (Å²) in [6, 6.07) is 12.9. The van der Waals surface area contributed by atoms with Crippen LogP contribution in [0.5, 0.6) is 0 Å². The second-order valence-corrected chi connectivity index (χ2v) is 13.1. The number of amides is 3. The van der Waals surface area contributed by atoms with E-state index in [4.69, 9.17) is 9.47 Å². The molecule has 9 heteroatoms. The van der Waals surface area contributed by atoms with E-state index in [0.717, 1.165) is 23.1 Å². The number of ether oxygens (including phenoxy) is 2. The van der Waals surface area contributed by atoms with Gasteiger partial charge in [0.05, 0.1) is 13.0 Å². The molecule has 0 heterocycles. The van der Waals surface area contributed by atoms with E-state index in [9.17, 15) is 19.2 Å².